The lowest BCUT2D eigenvalue weighted by molar-refractivity contribution is -0.146. The lowest BCUT2D eigenvalue weighted by Gasteiger charge is -2.13. The zero-order chi connectivity index (χ0) is 15.0. The van der Waals surface area contributed by atoms with Crippen LogP contribution in [0.3, 0.4) is 0 Å². The highest BCUT2D eigenvalue weighted by Gasteiger charge is 2.11. The zero-order valence-corrected chi connectivity index (χ0v) is 12.0. The first kappa shape index (κ1) is 15.8. The van der Waals surface area contributed by atoms with Crippen molar-refractivity contribution in [1.82, 2.24) is 4.90 Å². The van der Waals surface area contributed by atoms with E-state index in [1.54, 1.807) is 27.2 Å². The van der Waals surface area contributed by atoms with Crippen molar-refractivity contribution in [2.75, 3.05) is 27.3 Å². The van der Waals surface area contributed by atoms with Crippen molar-refractivity contribution in [1.29, 1.82) is 0 Å². The first-order valence-electron chi connectivity index (χ1n) is 6.30. The number of amides is 1. The van der Waals surface area contributed by atoms with Gasteiger partial charge < -0.3 is 14.4 Å². The minimum Gasteiger partial charge on any atom is -0.496 e. The Balaban J connectivity index is 2.65. The lowest BCUT2D eigenvalue weighted by atomic mass is 10.2. The van der Waals surface area contributed by atoms with E-state index in [-0.39, 0.29) is 12.5 Å². The molecule has 0 saturated carbocycles. The van der Waals surface area contributed by atoms with Crippen molar-refractivity contribution >= 4 is 18.0 Å². The molecule has 0 saturated heterocycles. The number of hydrogen-bond acceptors (Lipinski definition) is 4. The number of carbonyl (C=O) groups is 2. The molecule has 20 heavy (non-hydrogen) atoms. The third-order valence-corrected chi connectivity index (χ3v) is 2.59. The highest BCUT2D eigenvalue weighted by atomic mass is 16.5. The fraction of sp³-hybridized carbons (Fsp3) is 0.333. The van der Waals surface area contributed by atoms with Gasteiger partial charge in [0.1, 0.15) is 12.3 Å². The summed E-state index contributed by atoms with van der Waals surface area (Å²) < 4.78 is 9.97. The molecule has 0 aromatic heterocycles. The zero-order valence-electron chi connectivity index (χ0n) is 12.0. The van der Waals surface area contributed by atoms with Crippen molar-refractivity contribution < 1.29 is 19.1 Å². The molecule has 1 rings (SSSR count). The van der Waals surface area contributed by atoms with Crippen LogP contribution < -0.4 is 4.74 Å². The summed E-state index contributed by atoms with van der Waals surface area (Å²) in [5.41, 5.74) is 0.799. The average Bonchev–Trinajstić information content (AvgIpc) is 2.45. The predicted molar refractivity (Wildman–Crippen MR) is 76.3 cm³/mol. The fourth-order valence-electron chi connectivity index (χ4n) is 1.57. The van der Waals surface area contributed by atoms with E-state index in [0.29, 0.717) is 12.4 Å². The second-order valence-corrected chi connectivity index (χ2v) is 4.07. The number of methoxy groups -OCH3 is 1. The predicted octanol–water partition coefficient (Wildman–Crippen LogP) is 1.73. The summed E-state index contributed by atoms with van der Waals surface area (Å²) in [4.78, 5) is 24.4. The van der Waals surface area contributed by atoms with Crippen molar-refractivity contribution in [3.05, 3.63) is 35.9 Å². The van der Waals surface area contributed by atoms with Crippen LogP contribution >= 0.6 is 0 Å². The monoisotopic (exact) mass is 277 g/mol. The van der Waals surface area contributed by atoms with E-state index in [2.05, 4.69) is 0 Å². The molecule has 5 nitrogen and oxygen atoms in total. The molecule has 0 aliphatic rings. The van der Waals surface area contributed by atoms with Gasteiger partial charge in [-0.2, -0.15) is 0 Å². The molecule has 108 valence electrons. The number of hydrogen-bond donors (Lipinski definition) is 0. The molecule has 0 atom stereocenters. The largest absolute Gasteiger partial charge is 0.496 e. The Hall–Kier alpha value is -2.30. The van der Waals surface area contributed by atoms with Crippen LogP contribution in [0, 0.1) is 0 Å². The molecule has 0 N–H and O–H groups in total. The molecule has 5 heteroatoms. The number of esters is 1. The van der Waals surface area contributed by atoms with Gasteiger partial charge in [-0.05, 0) is 19.1 Å². The number of benzene rings is 1. The number of carbonyl (C=O) groups excluding carboxylic acids is 2. The van der Waals surface area contributed by atoms with Crippen LogP contribution in [-0.2, 0) is 14.3 Å². The van der Waals surface area contributed by atoms with E-state index in [1.807, 2.05) is 24.3 Å². The maximum absolute atomic E-state index is 11.8. The van der Waals surface area contributed by atoms with Crippen molar-refractivity contribution in [2.45, 2.75) is 6.92 Å². The van der Waals surface area contributed by atoms with Crippen molar-refractivity contribution in [3.63, 3.8) is 0 Å². The van der Waals surface area contributed by atoms with Crippen LogP contribution in [0.15, 0.2) is 30.3 Å². The summed E-state index contributed by atoms with van der Waals surface area (Å²) in [5.74, 6) is -0.0115. The summed E-state index contributed by atoms with van der Waals surface area (Å²) in [6.45, 7) is 1.96. The molecule has 0 unspecified atom stereocenters. The summed E-state index contributed by atoms with van der Waals surface area (Å²) in [7, 11) is 3.12. The molecule has 0 fully saturated rings. The second kappa shape index (κ2) is 7.99. The Morgan fingerprint density at radius 3 is 2.65 bits per heavy atom. The number of nitrogens with zero attached hydrogens (tertiary/aromatic N) is 1. The van der Waals surface area contributed by atoms with Crippen LogP contribution in [0.1, 0.15) is 12.5 Å². The maximum atomic E-state index is 11.8. The molecular weight excluding hydrogens is 258 g/mol. The lowest BCUT2D eigenvalue weighted by Crippen LogP contribution is -2.31. The van der Waals surface area contributed by atoms with Gasteiger partial charge in [0, 0.05) is 18.7 Å². The van der Waals surface area contributed by atoms with Crippen LogP contribution in [-0.4, -0.2) is 44.1 Å². The van der Waals surface area contributed by atoms with Gasteiger partial charge in [0.15, 0.2) is 0 Å². The van der Waals surface area contributed by atoms with Gasteiger partial charge in [-0.25, -0.2) is 0 Å². The fourth-order valence-corrected chi connectivity index (χ4v) is 1.57. The van der Waals surface area contributed by atoms with E-state index >= 15 is 0 Å². The van der Waals surface area contributed by atoms with E-state index in [4.69, 9.17) is 9.47 Å². The SMILES string of the molecule is CCOC(=O)CN(C)C(=O)C=Cc1ccccc1OC. The van der Waals surface area contributed by atoms with Crippen LogP contribution in [0.25, 0.3) is 6.08 Å². The van der Waals surface area contributed by atoms with Crippen LogP contribution in [0.5, 0.6) is 5.75 Å². The van der Waals surface area contributed by atoms with Gasteiger partial charge in [0.05, 0.1) is 13.7 Å². The van der Waals surface area contributed by atoms with Crippen LogP contribution in [0.4, 0.5) is 0 Å². The highest BCUT2D eigenvalue weighted by molar-refractivity contribution is 5.93. The number of ether oxygens (including phenoxy) is 2. The first-order valence-corrected chi connectivity index (χ1v) is 6.30. The van der Waals surface area contributed by atoms with Crippen molar-refractivity contribution in [3.8, 4) is 5.75 Å². The Morgan fingerprint density at radius 1 is 1.30 bits per heavy atom. The minimum atomic E-state index is -0.422. The Kier molecular flexibility index (Phi) is 6.29. The number of likely N-dealkylation sites (N-methyl/N-ethyl adjacent to an activating group) is 1. The summed E-state index contributed by atoms with van der Waals surface area (Å²) in [6, 6.07) is 7.36. The van der Waals surface area contributed by atoms with E-state index in [9.17, 15) is 9.59 Å². The third kappa shape index (κ3) is 4.76. The average molecular weight is 277 g/mol. The minimum absolute atomic E-state index is 0.0665. The molecule has 1 aromatic carbocycles. The number of para-hydroxylation sites is 1. The van der Waals surface area contributed by atoms with E-state index < -0.39 is 5.97 Å². The first-order chi connectivity index (χ1) is 9.58. The Labute approximate surface area is 118 Å². The summed E-state index contributed by atoms with van der Waals surface area (Å²) in [5, 5.41) is 0. The van der Waals surface area contributed by atoms with E-state index in [1.165, 1.54) is 11.0 Å². The molecule has 0 heterocycles. The maximum Gasteiger partial charge on any atom is 0.325 e. The van der Waals surface area contributed by atoms with Gasteiger partial charge in [-0.1, -0.05) is 18.2 Å². The molecular formula is C15H19NO4. The van der Waals surface area contributed by atoms with Crippen molar-refractivity contribution in [2.24, 2.45) is 0 Å². The quantitative estimate of drug-likeness (QED) is 0.587. The molecule has 0 aliphatic carbocycles. The third-order valence-electron chi connectivity index (χ3n) is 2.59. The molecule has 0 bridgehead atoms. The Bertz CT molecular complexity index is 496. The summed E-state index contributed by atoms with van der Waals surface area (Å²) in [6.07, 6.45) is 3.06. The van der Waals surface area contributed by atoms with Gasteiger partial charge in [0.25, 0.3) is 0 Å². The summed E-state index contributed by atoms with van der Waals surface area (Å²) >= 11 is 0. The number of rotatable bonds is 6. The smallest absolute Gasteiger partial charge is 0.325 e. The van der Waals surface area contributed by atoms with Crippen LogP contribution in [0.2, 0.25) is 0 Å². The van der Waals surface area contributed by atoms with Gasteiger partial charge in [-0.3, -0.25) is 9.59 Å². The highest BCUT2D eigenvalue weighted by Crippen LogP contribution is 2.18. The normalized spacial score (nSPS) is 10.3. The van der Waals surface area contributed by atoms with E-state index in [0.717, 1.165) is 5.56 Å². The second-order valence-electron chi connectivity index (χ2n) is 4.07. The molecule has 1 amide bonds. The molecule has 1 aromatic rings. The molecule has 0 aliphatic heterocycles. The standard InChI is InChI=1S/C15H19NO4/c1-4-20-15(18)11-16(2)14(17)10-9-12-7-5-6-8-13(12)19-3/h5-10H,4,11H2,1-3H3. The molecule has 0 spiro atoms. The van der Waals surface area contributed by atoms with Gasteiger partial charge >= 0.3 is 5.97 Å². The van der Waals surface area contributed by atoms with Gasteiger partial charge in [-0.15, -0.1) is 0 Å². The van der Waals surface area contributed by atoms with Gasteiger partial charge in [0.2, 0.25) is 5.91 Å². The topological polar surface area (TPSA) is 55.8 Å². The molecule has 0 radical (unpaired) electrons. The Morgan fingerprint density at radius 2 is 2.00 bits per heavy atom.